The van der Waals surface area contributed by atoms with Gasteiger partial charge in [0, 0.05) is 19.7 Å². The van der Waals surface area contributed by atoms with E-state index in [9.17, 15) is 13.5 Å². The molecular formula is C12H18N2O3S. The number of phenols is 1. The van der Waals surface area contributed by atoms with E-state index in [1.807, 2.05) is 0 Å². The maximum atomic E-state index is 12.4. The molecule has 1 aliphatic rings. The maximum absolute atomic E-state index is 12.4. The Morgan fingerprint density at radius 2 is 2.22 bits per heavy atom. The molecule has 1 unspecified atom stereocenters. The smallest absolute Gasteiger partial charge is 0.239 e. The molecule has 1 fully saturated rings. The van der Waals surface area contributed by atoms with Gasteiger partial charge in [0.1, 0.15) is 5.75 Å². The largest absolute Gasteiger partial charge is 0.508 e. The van der Waals surface area contributed by atoms with E-state index in [0.717, 1.165) is 13.0 Å². The molecule has 0 radical (unpaired) electrons. The number of nitrogens with one attached hydrogen (secondary N) is 1. The summed E-state index contributed by atoms with van der Waals surface area (Å²) in [7, 11) is -1.85. The van der Waals surface area contributed by atoms with Crippen LogP contribution < -0.4 is 9.62 Å². The lowest BCUT2D eigenvalue weighted by Gasteiger charge is -2.28. The van der Waals surface area contributed by atoms with Crippen molar-refractivity contribution in [2.24, 2.45) is 0 Å². The minimum absolute atomic E-state index is 0.0660. The highest BCUT2D eigenvalue weighted by Gasteiger charge is 2.31. The van der Waals surface area contributed by atoms with E-state index in [2.05, 4.69) is 5.32 Å². The summed E-state index contributed by atoms with van der Waals surface area (Å²) < 4.78 is 26.1. The summed E-state index contributed by atoms with van der Waals surface area (Å²) in [5.41, 5.74) is 0.487. The molecule has 0 spiro atoms. The standard InChI is InChI=1S/C12H18N2O3S/c1-14(10-4-2-5-11(15)8-10)18(16,17)12-6-3-7-13-9-12/h2,4-5,8,12-13,15H,3,6-7,9H2,1H3. The molecule has 18 heavy (non-hydrogen) atoms. The number of benzene rings is 1. The van der Waals surface area contributed by atoms with Crippen molar-refractivity contribution in [1.82, 2.24) is 5.32 Å². The van der Waals surface area contributed by atoms with Crippen molar-refractivity contribution >= 4 is 15.7 Å². The van der Waals surface area contributed by atoms with E-state index in [4.69, 9.17) is 0 Å². The van der Waals surface area contributed by atoms with Crippen molar-refractivity contribution < 1.29 is 13.5 Å². The van der Waals surface area contributed by atoms with Gasteiger partial charge in [0.05, 0.1) is 10.9 Å². The lowest BCUT2D eigenvalue weighted by Crippen LogP contribution is -2.45. The molecule has 1 atom stereocenters. The Morgan fingerprint density at radius 1 is 1.44 bits per heavy atom. The highest BCUT2D eigenvalue weighted by Crippen LogP contribution is 2.24. The number of aromatic hydroxyl groups is 1. The first-order valence-electron chi connectivity index (χ1n) is 5.99. The zero-order valence-electron chi connectivity index (χ0n) is 10.3. The fourth-order valence-electron chi connectivity index (χ4n) is 2.13. The predicted octanol–water partition coefficient (Wildman–Crippen LogP) is 0.910. The van der Waals surface area contributed by atoms with Crippen molar-refractivity contribution in [2.45, 2.75) is 18.1 Å². The Bertz CT molecular complexity index is 510. The van der Waals surface area contributed by atoms with Crippen LogP contribution in [0.2, 0.25) is 0 Å². The van der Waals surface area contributed by atoms with Gasteiger partial charge >= 0.3 is 0 Å². The summed E-state index contributed by atoms with van der Waals surface area (Å²) in [5.74, 6) is 0.0660. The molecular weight excluding hydrogens is 252 g/mol. The average molecular weight is 270 g/mol. The predicted molar refractivity (Wildman–Crippen MR) is 71.3 cm³/mol. The van der Waals surface area contributed by atoms with E-state index < -0.39 is 15.3 Å². The monoisotopic (exact) mass is 270 g/mol. The first-order chi connectivity index (χ1) is 8.51. The molecule has 100 valence electrons. The van der Waals surface area contributed by atoms with Gasteiger partial charge in [-0.25, -0.2) is 8.42 Å². The normalized spacial score (nSPS) is 20.6. The number of sulfonamides is 1. The van der Waals surface area contributed by atoms with Gasteiger partial charge in [0.25, 0.3) is 0 Å². The van der Waals surface area contributed by atoms with Crippen LogP contribution in [0, 0.1) is 0 Å². The van der Waals surface area contributed by atoms with Crippen LogP contribution in [0.1, 0.15) is 12.8 Å². The molecule has 0 bridgehead atoms. The Morgan fingerprint density at radius 3 is 2.83 bits per heavy atom. The third-order valence-electron chi connectivity index (χ3n) is 3.25. The fraction of sp³-hybridized carbons (Fsp3) is 0.500. The van der Waals surface area contributed by atoms with Crippen molar-refractivity contribution in [2.75, 3.05) is 24.4 Å². The molecule has 2 rings (SSSR count). The van der Waals surface area contributed by atoms with E-state index in [1.165, 1.54) is 23.5 Å². The van der Waals surface area contributed by atoms with Crippen LogP contribution in [0.5, 0.6) is 5.75 Å². The molecule has 1 aromatic carbocycles. The quantitative estimate of drug-likeness (QED) is 0.856. The zero-order valence-corrected chi connectivity index (χ0v) is 11.2. The summed E-state index contributed by atoms with van der Waals surface area (Å²) in [6.07, 6.45) is 1.55. The van der Waals surface area contributed by atoms with Gasteiger partial charge in [-0.05, 0) is 31.5 Å². The Hall–Kier alpha value is -1.27. The van der Waals surface area contributed by atoms with Crippen LogP contribution in [0.4, 0.5) is 5.69 Å². The molecule has 1 aliphatic heterocycles. The number of nitrogens with zero attached hydrogens (tertiary/aromatic N) is 1. The Labute approximate surface area is 107 Å². The van der Waals surface area contributed by atoms with Crippen molar-refractivity contribution in [3.8, 4) is 5.75 Å². The summed E-state index contributed by atoms with van der Waals surface area (Å²) in [5, 5.41) is 12.1. The summed E-state index contributed by atoms with van der Waals surface area (Å²) in [6, 6.07) is 6.28. The minimum Gasteiger partial charge on any atom is -0.508 e. The molecule has 0 amide bonds. The average Bonchev–Trinajstić information content (AvgIpc) is 2.39. The van der Waals surface area contributed by atoms with Crippen molar-refractivity contribution in [1.29, 1.82) is 0 Å². The van der Waals surface area contributed by atoms with E-state index in [1.54, 1.807) is 12.1 Å². The second-order valence-electron chi connectivity index (χ2n) is 4.50. The second kappa shape index (κ2) is 5.16. The van der Waals surface area contributed by atoms with Gasteiger partial charge in [-0.2, -0.15) is 0 Å². The van der Waals surface area contributed by atoms with E-state index in [0.29, 0.717) is 18.7 Å². The summed E-state index contributed by atoms with van der Waals surface area (Å²) in [4.78, 5) is 0. The van der Waals surface area contributed by atoms with Gasteiger partial charge < -0.3 is 10.4 Å². The van der Waals surface area contributed by atoms with Crippen molar-refractivity contribution in [3.63, 3.8) is 0 Å². The third kappa shape index (κ3) is 2.59. The minimum atomic E-state index is -3.37. The summed E-state index contributed by atoms with van der Waals surface area (Å²) >= 11 is 0. The fourth-order valence-corrected chi connectivity index (χ4v) is 3.78. The molecule has 0 aromatic heterocycles. The van der Waals surface area contributed by atoms with Crippen molar-refractivity contribution in [3.05, 3.63) is 24.3 Å². The zero-order chi connectivity index (χ0) is 13.2. The lowest BCUT2D eigenvalue weighted by atomic mass is 10.2. The van der Waals surface area contributed by atoms with E-state index in [-0.39, 0.29) is 5.75 Å². The first-order valence-corrected chi connectivity index (χ1v) is 7.49. The molecule has 0 aliphatic carbocycles. The molecule has 5 nitrogen and oxygen atoms in total. The number of hydrogen-bond donors (Lipinski definition) is 2. The van der Waals surface area contributed by atoms with Crippen LogP contribution in [-0.2, 0) is 10.0 Å². The van der Waals surface area contributed by atoms with Gasteiger partial charge in [0.2, 0.25) is 10.0 Å². The van der Waals surface area contributed by atoms with Crippen LogP contribution in [0.3, 0.4) is 0 Å². The molecule has 1 heterocycles. The number of anilines is 1. The van der Waals surface area contributed by atoms with Gasteiger partial charge in [-0.1, -0.05) is 6.07 Å². The number of phenolic OH excluding ortho intramolecular Hbond substituents is 1. The maximum Gasteiger partial charge on any atom is 0.239 e. The Kier molecular flexibility index (Phi) is 3.77. The Balaban J connectivity index is 2.23. The lowest BCUT2D eigenvalue weighted by molar-refractivity contribution is 0.475. The SMILES string of the molecule is CN(c1cccc(O)c1)S(=O)(=O)C1CCCNC1. The van der Waals surface area contributed by atoms with Crippen LogP contribution in [0.25, 0.3) is 0 Å². The van der Waals surface area contributed by atoms with Gasteiger partial charge in [-0.15, -0.1) is 0 Å². The second-order valence-corrected chi connectivity index (χ2v) is 6.74. The molecule has 6 heteroatoms. The van der Waals surface area contributed by atoms with Gasteiger partial charge in [-0.3, -0.25) is 4.31 Å². The number of rotatable bonds is 3. The summed E-state index contributed by atoms with van der Waals surface area (Å²) in [6.45, 7) is 1.37. The molecule has 2 N–H and O–H groups in total. The van der Waals surface area contributed by atoms with Crippen LogP contribution >= 0.6 is 0 Å². The number of hydrogen-bond acceptors (Lipinski definition) is 4. The highest BCUT2D eigenvalue weighted by atomic mass is 32.2. The number of piperidine rings is 1. The highest BCUT2D eigenvalue weighted by molar-refractivity contribution is 7.93. The van der Waals surface area contributed by atoms with Gasteiger partial charge in [0.15, 0.2) is 0 Å². The van der Waals surface area contributed by atoms with Crippen LogP contribution in [0.15, 0.2) is 24.3 Å². The molecule has 0 saturated carbocycles. The van der Waals surface area contributed by atoms with Crippen LogP contribution in [-0.4, -0.2) is 38.9 Å². The molecule has 1 saturated heterocycles. The first kappa shape index (κ1) is 13.2. The molecule has 1 aromatic rings. The third-order valence-corrected chi connectivity index (χ3v) is 5.47. The topological polar surface area (TPSA) is 69.6 Å². The van der Waals surface area contributed by atoms with E-state index >= 15 is 0 Å².